The average Bonchev–Trinajstić information content (AvgIpc) is 2.89. The SMILES string of the molecule is CCOC(=O)C1=C(c2ccccc2)NC(=O)NC1c1ccc(NC(=O)c2ccc(OC)cc2)cc1. The van der Waals surface area contributed by atoms with E-state index in [0.29, 0.717) is 39.4 Å². The summed E-state index contributed by atoms with van der Waals surface area (Å²) in [4.78, 5) is 38.0. The fourth-order valence-corrected chi connectivity index (χ4v) is 3.78. The maximum atomic E-state index is 12.9. The van der Waals surface area contributed by atoms with Crippen molar-refractivity contribution < 1.29 is 23.9 Å². The second-order valence-corrected chi connectivity index (χ2v) is 7.71. The van der Waals surface area contributed by atoms with Crippen LogP contribution in [-0.2, 0) is 9.53 Å². The number of carbonyl (C=O) groups excluding carboxylic acids is 3. The van der Waals surface area contributed by atoms with E-state index in [1.165, 1.54) is 0 Å². The molecular weight excluding hydrogens is 446 g/mol. The summed E-state index contributed by atoms with van der Waals surface area (Å²) in [5.74, 6) is -0.134. The molecule has 1 unspecified atom stereocenters. The van der Waals surface area contributed by atoms with E-state index in [-0.39, 0.29) is 12.5 Å². The summed E-state index contributed by atoms with van der Waals surface area (Å²) in [6.45, 7) is 1.92. The zero-order chi connectivity index (χ0) is 24.8. The van der Waals surface area contributed by atoms with Crippen molar-refractivity contribution >= 4 is 29.3 Å². The Morgan fingerprint density at radius 1 is 0.943 bits per heavy atom. The van der Waals surface area contributed by atoms with Gasteiger partial charge in [0, 0.05) is 11.3 Å². The quantitative estimate of drug-likeness (QED) is 0.446. The normalized spacial score (nSPS) is 15.0. The minimum absolute atomic E-state index is 0.196. The smallest absolute Gasteiger partial charge is 0.338 e. The minimum Gasteiger partial charge on any atom is -0.497 e. The van der Waals surface area contributed by atoms with Crippen molar-refractivity contribution in [2.45, 2.75) is 13.0 Å². The number of anilines is 1. The second-order valence-electron chi connectivity index (χ2n) is 7.71. The van der Waals surface area contributed by atoms with Crippen LogP contribution in [0.3, 0.4) is 0 Å². The van der Waals surface area contributed by atoms with Gasteiger partial charge in [0.2, 0.25) is 0 Å². The Hall–Kier alpha value is -4.59. The van der Waals surface area contributed by atoms with Gasteiger partial charge < -0.3 is 25.4 Å². The van der Waals surface area contributed by atoms with Gasteiger partial charge in [0.1, 0.15) is 5.75 Å². The summed E-state index contributed by atoms with van der Waals surface area (Å²) in [7, 11) is 1.56. The number of ether oxygens (including phenoxy) is 2. The van der Waals surface area contributed by atoms with Gasteiger partial charge in [0.05, 0.1) is 31.0 Å². The van der Waals surface area contributed by atoms with Crippen LogP contribution < -0.4 is 20.7 Å². The molecular formula is C27H25N3O5. The summed E-state index contributed by atoms with van der Waals surface area (Å²) < 4.78 is 10.4. The van der Waals surface area contributed by atoms with Crippen molar-refractivity contribution in [2.75, 3.05) is 19.0 Å². The summed E-state index contributed by atoms with van der Waals surface area (Å²) in [6, 6.07) is 21.7. The molecule has 0 spiro atoms. The molecule has 3 aromatic rings. The molecule has 0 bridgehead atoms. The van der Waals surface area contributed by atoms with Crippen LogP contribution in [0, 0.1) is 0 Å². The standard InChI is InChI=1S/C27H25N3O5/c1-3-35-26(32)22-23(17-7-5-4-6-8-17)29-27(33)30-24(22)18-9-13-20(14-10-18)28-25(31)19-11-15-21(34-2)16-12-19/h4-16,24H,3H2,1-2H3,(H,28,31)(H2,29,30,33). The molecule has 1 heterocycles. The average molecular weight is 472 g/mol. The van der Waals surface area contributed by atoms with Crippen molar-refractivity contribution in [1.82, 2.24) is 10.6 Å². The van der Waals surface area contributed by atoms with Gasteiger partial charge in [-0.3, -0.25) is 4.79 Å². The van der Waals surface area contributed by atoms with Crippen molar-refractivity contribution in [3.63, 3.8) is 0 Å². The second kappa shape index (κ2) is 10.6. The van der Waals surface area contributed by atoms with Gasteiger partial charge in [-0.2, -0.15) is 0 Å². The van der Waals surface area contributed by atoms with Crippen LogP contribution in [0.1, 0.15) is 34.5 Å². The van der Waals surface area contributed by atoms with Gasteiger partial charge in [-0.1, -0.05) is 42.5 Å². The lowest BCUT2D eigenvalue weighted by molar-refractivity contribution is -0.138. The third-order valence-corrected chi connectivity index (χ3v) is 5.48. The summed E-state index contributed by atoms with van der Waals surface area (Å²) in [6.07, 6.45) is 0. The zero-order valence-electron chi connectivity index (χ0n) is 19.3. The van der Waals surface area contributed by atoms with Gasteiger partial charge in [-0.05, 0) is 54.4 Å². The lowest BCUT2D eigenvalue weighted by atomic mass is 9.92. The van der Waals surface area contributed by atoms with Gasteiger partial charge in [0.25, 0.3) is 5.91 Å². The van der Waals surface area contributed by atoms with Crippen LogP contribution in [0.5, 0.6) is 5.75 Å². The molecule has 1 aliphatic heterocycles. The van der Waals surface area contributed by atoms with E-state index in [2.05, 4.69) is 16.0 Å². The van der Waals surface area contributed by atoms with E-state index in [1.807, 2.05) is 30.3 Å². The first-order valence-electron chi connectivity index (χ1n) is 11.1. The zero-order valence-corrected chi connectivity index (χ0v) is 19.3. The number of esters is 1. The molecule has 1 atom stereocenters. The predicted octanol–water partition coefficient (Wildman–Crippen LogP) is 4.28. The molecule has 8 heteroatoms. The summed E-state index contributed by atoms with van der Waals surface area (Å²) in [5.41, 5.74) is 3.11. The lowest BCUT2D eigenvalue weighted by Crippen LogP contribution is -2.45. The molecule has 8 nitrogen and oxygen atoms in total. The Labute approximate surface area is 202 Å². The maximum absolute atomic E-state index is 12.9. The van der Waals surface area contributed by atoms with Gasteiger partial charge in [-0.15, -0.1) is 0 Å². The highest BCUT2D eigenvalue weighted by molar-refractivity contribution is 6.05. The van der Waals surface area contributed by atoms with Gasteiger partial charge in [0.15, 0.2) is 0 Å². The Balaban J connectivity index is 1.62. The maximum Gasteiger partial charge on any atom is 0.338 e. The number of carbonyl (C=O) groups is 3. The monoisotopic (exact) mass is 471 g/mol. The molecule has 35 heavy (non-hydrogen) atoms. The van der Waals surface area contributed by atoms with E-state index in [9.17, 15) is 14.4 Å². The largest absolute Gasteiger partial charge is 0.497 e. The van der Waals surface area contributed by atoms with Crippen LogP contribution in [0.15, 0.2) is 84.4 Å². The Morgan fingerprint density at radius 2 is 1.63 bits per heavy atom. The summed E-state index contributed by atoms with van der Waals surface area (Å²) in [5, 5.41) is 8.40. The molecule has 0 fully saturated rings. The Bertz CT molecular complexity index is 1250. The fraction of sp³-hybridized carbons (Fsp3) is 0.148. The summed E-state index contributed by atoms with van der Waals surface area (Å²) >= 11 is 0. The highest BCUT2D eigenvalue weighted by atomic mass is 16.5. The van der Waals surface area contributed by atoms with Crippen LogP contribution in [0.25, 0.3) is 5.70 Å². The molecule has 3 N–H and O–H groups in total. The first-order valence-corrected chi connectivity index (χ1v) is 11.1. The molecule has 0 aliphatic carbocycles. The van der Waals surface area contributed by atoms with E-state index in [0.717, 1.165) is 0 Å². The lowest BCUT2D eigenvalue weighted by Gasteiger charge is -2.29. The molecule has 3 amide bonds. The van der Waals surface area contributed by atoms with Crippen molar-refractivity contribution in [1.29, 1.82) is 0 Å². The van der Waals surface area contributed by atoms with E-state index >= 15 is 0 Å². The molecule has 3 aromatic carbocycles. The van der Waals surface area contributed by atoms with Crippen LogP contribution in [-0.4, -0.2) is 31.6 Å². The molecule has 4 rings (SSSR count). The molecule has 0 aromatic heterocycles. The van der Waals surface area contributed by atoms with E-state index < -0.39 is 18.0 Å². The molecule has 0 radical (unpaired) electrons. The van der Waals surface area contributed by atoms with Gasteiger partial charge in [-0.25, -0.2) is 9.59 Å². The third-order valence-electron chi connectivity index (χ3n) is 5.48. The topological polar surface area (TPSA) is 106 Å². The first kappa shape index (κ1) is 23.6. The molecule has 0 saturated carbocycles. The highest BCUT2D eigenvalue weighted by Gasteiger charge is 2.34. The number of amides is 3. The predicted molar refractivity (Wildman–Crippen MR) is 132 cm³/mol. The van der Waals surface area contributed by atoms with Crippen LogP contribution in [0.4, 0.5) is 10.5 Å². The third kappa shape index (κ3) is 5.33. The van der Waals surface area contributed by atoms with Gasteiger partial charge >= 0.3 is 12.0 Å². The Morgan fingerprint density at radius 3 is 2.26 bits per heavy atom. The minimum atomic E-state index is -0.732. The number of hydrogen-bond acceptors (Lipinski definition) is 5. The first-order chi connectivity index (χ1) is 17.0. The van der Waals surface area contributed by atoms with Crippen LogP contribution >= 0.6 is 0 Å². The van der Waals surface area contributed by atoms with Crippen molar-refractivity contribution in [3.05, 3.63) is 101 Å². The number of nitrogens with one attached hydrogen (secondary N) is 3. The molecule has 178 valence electrons. The van der Waals surface area contributed by atoms with E-state index in [1.54, 1.807) is 62.6 Å². The number of benzene rings is 3. The van der Waals surface area contributed by atoms with E-state index in [4.69, 9.17) is 9.47 Å². The Kier molecular flexibility index (Phi) is 7.11. The number of urea groups is 1. The number of methoxy groups -OCH3 is 1. The molecule has 0 saturated heterocycles. The number of hydrogen-bond donors (Lipinski definition) is 3. The van der Waals surface area contributed by atoms with Crippen LogP contribution in [0.2, 0.25) is 0 Å². The van der Waals surface area contributed by atoms with Crippen molar-refractivity contribution in [2.24, 2.45) is 0 Å². The fourth-order valence-electron chi connectivity index (χ4n) is 3.78. The highest BCUT2D eigenvalue weighted by Crippen LogP contribution is 2.32. The number of rotatable bonds is 7. The van der Waals surface area contributed by atoms with Crippen molar-refractivity contribution in [3.8, 4) is 5.75 Å². The molecule has 1 aliphatic rings.